The highest BCUT2D eigenvalue weighted by molar-refractivity contribution is 6.04. The van der Waals surface area contributed by atoms with E-state index >= 15 is 0 Å². The first-order chi connectivity index (χ1) is 11.0. The third-order valence-corrected chi connectivity index (χ3v) is 3.57. The van der Waals surface area contributed by atoms with E-state index in [0.29, 0.717) is 36.0 Å². The Morgan fingerprint density at radius 2 is 1.61 bits per heavy atom. The molecule has 2 aromatic rings. The predicted octanol–water partition coefficient (Wildman–Crippen LogP) is 4.35. The highest BCUT2D eigenvalue weighted by Gasteiger charge is 2.10. The molecule has 2 aromatic carbocycles. The summed E-state index contributed by atoms with van der Waals surface area (Å²) in [6.07, 6.45) is 0. The quantitative estimate of drug-likeness (QED) is 0.862. The van der Waals surface area contributed by atoms with Crippen molar-refractivity contribution in [3.63, 3.8) is 0 Å². The second-order valence-corrected chi connectivity index (χ2v) is 5.28. The first kappa shape index (κ1) is 16.9. The lowest BCUT2D eigenvalue weighted by Crippen LogP contribution is -2.12. The van der Waals surface area contributed by atoms with Crippen molar-refractivity contribution in [1.29, 1.82) is 0 Å². The Hall–Kier alpha value is -2.49. The Balaban J connectivity index is 2.19. The molecular formula is C19H23NO3. The zero-order valence-corrected chi connectivity index (χ0v) is 14.1. The van der Waals surface area contributed by atoms with E-state index in [9.17, 15) is 4.79 Å². The summed E-state index contributed by atoms with van der Waals surface area (Å²) in [6.45, 7) is 8.96. The number of amides is 1. The third kappa shape index (κ3) is 4.25. The van der Waals surface area contributed by atoms with E-state index in [1.54, 1.807) is 6.07 Å². The number of hydrogen-bond donors (Lipinski definition) is 1. The minimum atomic E-state index is -0.139. The van der Waals surface area contributed by atoms with Gasteiger partial charge in [0.05, 0.1) is 13.2 Å². The molecule has 23 heavy (non-hydrogen) atoms. The maximum Gasteiger partial charge on any atom is 0.255 e. The van der Waals surface area contributed by atoms with Gasteiger partial charge in [0.2, 0.25) is 0 Å². The highest BCUT2D eigenvalue weighted by atomic mass is 16.5. The number of hydrogen-bond acceptors (Lipinski definition) is 3. The smallest absolute Gasteiger partial charge is 0.255 e. The lowest BCUT2D eigenvalue weighted by Gasteiger charge is -2.13. The fourth-order valence-electron chi connectivity index (χ4n) is 2.21. The first-order valence-electron chi connectivity index (χ1n) is 7.83. The van der Waals surface area contributed by atoms with Crippen molar-refractivity contribution in [3.8, 4) is 11.5 Å². The Morgan fingerprint density at radius 3 is 2.26 bits per heavy atom. The van der Waals surface area contributed by atoms with E-state index in [1.807, 2.05) is 58.0 Å². The van der Waals surface area contributed by atoms with Gasteiger partial charge in [0.15, 0.2) is 11.5 Å². The van der Waals surface area contributed by atoms with Gasteiger partial charge >= 0.3 is 0 Å². The second kappa shape index (κ2) is 7.68. The van der Waals surface area contributed by atoms with Crippen LogP contribution in [0.4, 0.5) is 5.69 Å². The topological polar surface area (TPSA) is 47.6 Å². The molecule has 0 saturated carbocycles. The van der Waals surface area contributed by atoms with Crippen molar-refractivity contribution in [2.75, 3.05) is 18.5 Å². The van der Waals surface area contributed by atoms with Crippen LogP contribution < -0.4 is 14.8 Å². The van der Waals surface area contributed by atoms with Crippen LogP contribution >= 0.6 is 0 Å². The van der Waals surface area contributed by atoms with Crippen molar-refractivity contribution >= 4 is 11.6 Å². The Kier molecular flexibility index (Phi) is 5.63. The molecule has 0 aliphatic rings. The molecule has 1 amide bonds. The molecule has 4 nitrogen and oxygen atoms in total. The van der Waals surface area contributed by atoms with Gasteiger partial charge < -0.3 is 14.8 Å². The molecule has 0 saturated heterocycles. The minimum absolute atomic E-state index is 0.139. The molecule has 0 fully saturated rings. The number of rotatable bonds is 6. The van der Waals surface area contributed by atoms with Crippen LogP contribution in [0.15, 0.2) is 36.4 Å². The van der Waals surface area contributed by atoms with E-state index in [-0.39, 0.29) is 5.91 Å². The fourth-order valence-corrected chi connectivity index (χ4v) is 2.21. The van der Waals surface area contributed by atoms with Crippen LogP contribution in [-0.2, 0) is 0 Å². The van der Waals surface area contributed by atoms with Crippen LogP contribution in [0.3, 0.4) is 0 Å². The number of nitrogens with one attached hydrogen (secondary N) is 1. The maximum absolute atomic E-state index is 12.4. The number of aryl methyl sites for hydroxylation is 2. The van der Waals surface area contributed by atoms with E-state index in [0.717, 1.165) is 5.56 Å². The lowest BCUT2D eigenvalue weighted by atomic mass is 10.1. The highest BCUT2D eigenvalue weighted by Crippen LogP contribution is 2.30. The average molecular weight is 313 g/mol. The van der Waals surface area contributed by atoms with Crippen LogP contribution in [0.2, 0.25) is 0 Å². The number of benzene rings is 2. The second-order valence-electron chi connectivity index (χ2n) is 5.28. The van der Waals surface area contributed by atoms with Crippen LogP contribution in [0.25, 0.3) is 0 Å². The van der Waals surface area contributed by atoms with Gasteiger partial charge in [-0.15, -0.1) is 0 Å². The average Bonchev–Trinajstić information content (AvgIpc) is 2.53. The van der Waals surface area contributed by atoms with Crippen LogP contribution in [0.1, 0.15) is 35.3 Å². The van der Waals surface area contributed by atoms with Gasteiger partial charge in [0, 0.05) is 17.3 Å². The molecule has 122 valence electrons. The van der Waals surface area contributed by atoms with E-state index in [1.165, 1.54) is 5.56 Å². The number of carbonyl (C=O) groups excluding carboxylic acids is 1. The summed E-state index contributed by atoms with van der Waals surface area (Å²) in [4.78, 5) is 12.4. The molecule has 0 heterocycles. The first-order valence-corrected chi connectivity index (χ1v) is 7.83. The van der Waals surface area contributed by atoms with Crippen molar-refractivity contribution in [2.24, 2.45) is 0 Å². The van der Waals surface area contributed by atoms with Gasteiger partial charge in [0.25, 0.3) is 5.91 Å². The predicted molar refractivity (Wildman–Crippen MR) is 92.6 cm³/mol. The van der Waals surface area contributed by atoms with E-state index < -0.39 is 0 Å². The number of anilines is 1. The van der Waals surface area contributed by atoms with E-state index in [4.69, 9.17) is 9.47 Å². The van der Waals surface area contributed by atoms with E-state index in [2.05, 4.69) is 5.32 Å². The SMILES string of the molecule is CCOc1ccc(NC(=O)c2ccc(C)c(C)c2)cc1OCC. The molecule has 0 atom stereocenters. The van der Waals surface area contributed by atoms with Gasteiger partial charge in [-0.05, 0) is 63.1 Å². The number of carbonyl (C=O) groups is 1. The molecule has 0 unspecified atom stereocenters. The summed E-state index contributed by atoms with van der Waals surface area (Å²) in [5.74, 6) is 1.17. The van der Waals surface area contributed by atoms with Crippen LogP contribution in [0.5, 0.6) is 11.5 Å². The summed E-state index contributed by atoms with van der Waals surface area (Å²) in [7, 11) is 0. The third-order valence-electron chi connectivity index (χ3n) is 3.57. The van der Waals surface area contributed by atoms with Gasteiger partial charge in [-0.25, -0.2) is 0 Å². The Labute approximate surface area is 137 Å². The van der Waals surface area contributed by atoms with Gasteiger partial charge in [-0.1, -0.05) is 6.07 Å². The van der Waals surface area contributed by atoms with Crippen molar-refractivity contribution in [1.82, 2.24) is 0 Å². The molecule has 0 aromatic heterocycles. The molecular weight excluding hydrogens is 290 g/mol. The monoisotopic (exact) mass is 313 g/mol. The summed E-state index contributed by atoms with van der Waals surface area (Å²) >= 11 is 0. The Bertz CT molecular complexity index is 695. The lowest BCUT2D eigenvalue weighted by molar-refractivity contribution is 0.102. The largest absolute Gasteiger partial charge is 0.490 e. The maximum atomic E-state index is 12.4. The van der Waals surface area contributed by atoms with Gasteiger partial charge in [-0.2, -0.15) is 0 Å². The molecule has 1 N–H and O–H groups in total. The molecule has 4 heteroatoms. The zero-order valence-electron chi connectivity index (χ0n) is 14.1. The zero-order chi connectivity index (χ0) is 16.8. The standard InChI is InChI=1S/C19H23NO3/c1-5-22-17-10-9-16(12-18(17)23-6-2)20-19(21)15-8-7-13(3)14(4)11-15/h7-12H,5-6H2,1-4H3,(H,20,21). The van der Waals surface area contributed by atoms with Crippen molar-refractivity contribution in [2.45, 2.75) is 27.7 Å². The number of ether oxygens (including phenoxy) is 2. The molecule has 0 bridgehead atoms. The summed E-state index contributed by atoms with van der Waals surface area (Å²) in [5.41, 5.74) is 3.58. The van der Waals surface area contributed by atoms with Crippen LogP contribution in [-0.4, -0.2) is 19.1 Å². The molecule has 0 aliphatic carbocycles. The van der Waals surface area contributed by atoms with Crippen molar-refractivity contribution < 1.29 is 14.3 Å². The Morgan fingerprint density at radius 1 is 0.913 bits per heavy atom. The van der Waals surface area contributed by atoms with Crippen LogP contribution in [0, 0.1) is 13.8 Å². The minimum Gasteiger partial charge on any atom is -0.490 e. The van der Waals surface area contributed by atoms with Gasteiger partial charge in [-0.3, -0.25) is 4.79 Å². The molecule has 0 spiro atoms. The fraction of sp³-hybridized carbons (Fsp3) is 0.316. The summed E-state index contributed by atoms with van der Waals surface area (Å²) in [5, 5.41) is 2.90. The molecule has 2 rings (SSSR count). The normalized spacial score (nSPS) is 10.3. The molecule has 0 radical (unpaired) electrons. The van der Waals surface area contributed by atoms with Gasteiger partial charge in [0.1, 0.15) is 0 Å². The molecule has 0 aliphatic heterocycles. The summed E-state index contributed by atoms with van der Waals surface area (Å²) < 4.78 is 11.1. The van der Waals surface area contributed by atoms with Crippen molar-refractivity contribution in [3.05, 3.63) is 53.1 Å². The summed E-state index contributed by atoms with van der Waals surface area (Å²) in [6, 6.07) is 11.1.